The zero-order chi connectivity index (χ0) is 31.5. The van der Waals surface area contributed by atoms with E-state index >= 15 is 0 Å². The number of fused-ring (bicyclic) bond motifs is 2. The van der Waals surface area contributed by atoms with E-state index in [2.05, 4.69) is 0 Å². The molecule has 232 valence electrons. The minimum Gasteiger partial charge on any atom is -0.496 e. The van der Waals surface area contributed by atoms with Crippen molar-refractivity contribution in [2.45, 2.75) is 19.9 Å². The Morgan fingerprint density at radius 2 is 1.82 bits per heavy atom. The van der Waals surface area contributed by atoms with Gasteiger partial charge in [-0.05, 0) is 54.5 Å². The highest BCUT2D eigenvalue weighted by molar-refractivity contribution is 7.07. The first-order valence-electron chi connectivity index (χ1n) is 14.7. The molecule has 3 aromatic carbocycles. The number of morpholine rings is 1. The lowest BCUT2D eigenvalue weighted by atomic mass is 9.90. The highest BCUT2D eigenvalue weighted by Crippen LogP contribution is 2.40. The van der Waals surface area contributed by atoms with Crippen LogP contribution in [0.3, 0.4) is 0 Å². The van der Waals surface area contributed by atoms with Gasteiger partial charge in [-0.2, -0.15) is 0 Å². The van der Waals surface area contributed by atoms with E-state index in [1.54, 1.807) is 48.6 Å². The van der Waals surface area contributed by atoms with Crippen LogP contribution in [0.5, 0.6) is 11.5 Å². The summed E-state index contributed by atoms with van der Waals surface area (Å²) in [6, 6.07) is 18.0. The van der Waals surface area contributed by atoms with Crippen molar-refractivity contribution >= 4 is 40.1 Å². The van der Waals surface area contributed by atoms with Crippen LogP contribution in [-0.4, -0.2) is 68.0 Å². The lowest BCUT2D eigenvalue weighted by Crippen LogP contribution is -2.42. The number of allylic oxidation sites excluding steroid dienone is 1. The number of carbonyl (C=O) groups excluding carboxylic acids is 2. The van der Waals surface area contributed by atoms with Gasteiger partial charge < -0.3 is 23.8 Å². The molecule has 1 amide bonds. The van der Waals surface area contributed by atoms with Crippen LogP contribution in [-0.2, 0) is 19.1 Å². The van der Waals surface area contributed by atoms with Crippen molar-refractivity contribution in [3.63, 3.8) is 0 Å². The maximum Gasteiger partial charge on any atom is 0.338 e. The molecule has 11 heteroatoms. The van der Waals surface area contributed by atoms with Crippen LogP contribution in [0, 0.1) is 0 Å². The second kappa shape index (κ2) is 13.1. The Hall–Kier alpha value is -4.74. The van der Waals surface area contributed by atoms with Gasteiger partial charge in [-0.15, -0.1) is 0 Å². The molecule has 2 aliphatic rings. The molecule has 0 saturated carbocycles. The molecular weight excluding hydrogens is 594 g/mol. The number of thiazole rings is 1. The van der Waals surface area contributed by atoms with E-state index < -0.39 is 12.0 Å². The molecule has 2 aliphatic heterocycles. The molecule has 1 fully saturated rings. The first-order chi connectivity index (χ1) is 21.9. The van der Waals surface area contributed by atoms with Gasteiger partial charge in [0.2, 0.25) is 0 Å². The van der Waals surface area contributed by atoms with E-state index in [9.17, 15) is 14.4 Å². The zero-order valence-corrected chi connectivity index (χ0v) is 26.1. The Morgan fingerprint density at radius 3 is 2.56 bits per heavy atom. The normalized spacial score (nSPS) is 16.7. The summed E-state index contributed by atoms with van der Waals surface area (Å²) in [5.41, 5.74) is 1.94. The molecule has 4 aromatic rings. The quantitative estimate of drug-likeness (QED) is 0.276. The van der Waals surface area contributed by atoms with Gasteiger partial charge in [-0.25, -0.2) is 9.79 Å². The van der Waals surface area contributed by atoms with Gasteiger partial charge in [-0.3, -0.25) is 14.2 Å². The number of esters is 1. The van der Waals surface area contributed by atoms with Gasteiger partial charge >= 0.3 is 5.97 Å². The van der Waals surface area contributed by atoms with E-state index in [0.717, 1.165) is 16.3 Å². The molecule has 45 heavy (non-hydrogen) atoms. The van der Waals surface area contributed by atoms with Gasteiger partial charge in [0, 0.05) is 18.7 Å². The Morgan fingerprint density at radius 1 is 1.07 bits per heavy atom. The topological polar surface area (TPSA) is 109 Å². The molecule has 0 radical (unpaired) electrons. The maximum absolute atomic E-state index is 14.2. The van der Waals surface area contributed by atoms with Crippen molar-refractivity contribution in [2.24, 2.45) is 4.99 Å². The number of benzene rings is 3. The second-order valence-corrected chi connectivity index (χ2v) is 11.6. The number of methoxy groups -OCH3 is 1. The average molecular weight is 628 g/mol. The third kappa shape index (κ3) is 6.01. The predicted molar refractivity (Wildman–Crippen MR) is 170 cm³/mol. The summed E-state index contributed by atoms with van der Waals surface area (Å²) < 4.78 is 24.3. The van der Waals surface area contributed by atoms with E-state index in [4.69, 9.17) is 23.9 Å². The van der Waals surface area contributed by atoms with Crippen molar-refractivity contribution in [3.05, 3.63) is 103 Å². The summed E-state index contributed by atoms with van der Waals surface area (Å²) in [5.74, 6) is 0.481. The van der Waals surface area contributed by atoms with Crippen molar-refractivity contribution < 1.29 is 28.5 Å². The summed E-state index contributed by atoms with van der Waals surface area (Å²) >= 11 is 1.25. The second-order valence-electron chi connectivity index (χ2n) is 10.6. The molecule has 0 N–H and O–H groups in total. The number of carbonyl (C=O) groups is 2. The molecule has 3 heterocycles. The summed E-state index contributed by atoms with van der Waals surface area (Å²) in [6.45, 7) is 5.82. The maximum atomic E-state index is 14.2. The fourth-order valence-electron chi connectivity index (χ4n) is 5.66. The van der Waals surface area contributed by atoms with Crippen LogP contribution in [0.25, 0.3) is 16.8 Å². The standard InChI is InChI=1S/C34H33N3O7S/c1-4-43-33(40)29-21(2)35-34-37(31(29)30-25-8-6-5-7-23(25)11-14-26(30)41-3)32(39)27(45-34)19-22-9-12-24(13-10-22)44-20-28(38)36-15-17-42-18-16-36/h5-14,19,31H,4,15-18,20H2,1-3H3/b27-19+/t31-/m0/s1. The van der Waals surface area contributed by atoms with Crippen LogP contribution in [0.15, 0.2) is 81.7 Å². The molecule has 10 nitrogen and oxygen atoms in total. The van der Waals surface area contributed by atoms with Crippen LogP contribution >= 0.6 is 11.3 Å². The lowest BCUT2D eigenvalue weighted by molar-refractivity contribution is -0.139. The highest BCUT2D eigenvalue weighted by atomic mass is 32.1. The van der Waals surface area contributed by atoms with Crippen molar-refractivity contribution in [2.75, 3.05) is 46.6 Å². The fraction of sp³-hybridized carbons (Fsp3) is 0.294. The van der Waals surface area contributed by atoms with E-state index in [0.29, 0.717) is 64.0 Å². The molecule has 0 aliphatic carbocycles. The van der Waals surface area contributed by atoms with Gasteiger partial charge in [-0.1, -0.05) is 53.8 Å². The van der Waals surface area contributed by atoms with Gasteiger partial charge in [0.25, 0.3) is 11.5 Å². The minimum atomic E-state index is -0.816. The SMILES string of the molecule is CCOC(=O)C1=C(C)N=c2s/c(=C/c3ccc(OCC(=O)N4CCOCC4)cc3)c(=O)n2[C@@H]1c1c(OC)ccc2ccccc12. The van der Waals surface area contributed by atoms with E-state index in [-0.39, 0.29) is 24.7 Å². The van der Waals surface area contributed by atoms with Crippen LogP contribution in [0.2, 0.25) is 0 Å². The number of hydrogen-bond acceptors (Lipinski definition) is 9. The van der Waals surface area contributed by atoms with Crippen LogP contribution < -0.4 is 24.4 Å². The number of hydrogen-bond donors (Lipinski definition) is 0. The molecule has 0 spiro atoms. The largest absolute Gasteiger partial charge is 0.496 e. The molecule has 0 unspecified atom stereocenters. The minimum absolute atomic E-state index is 0.0578. The van der Waals surface area contributed by atoms with E-state index in [1.165, 1.54) is 11.3 Å². The molecule has 6 rings (SSSR count). The predicted octanol–water partition coefficient (Wildman–Crippen LogP) is 3.20. The van der Waals surface area contributed by atoms with Crippen molar-refractivity contribution in [1.29, 1.82) is 0 Å². The molecular formula is C34H33N3O7S. The zero-order valence-electron chi connectivity index (χ0n) is 25.3. The fourth-order valence-corrected chi connectivity index (χ4v) is 6.71. The first kappa shape index (κ1) is 30.3. The summed E-state index contributed by atoms with van der Waals surface area (Å²) in [6.07, 6.45) is 1.78. The summed E-state index contributed by atoms with van der Waals surface area (Å²) in [4.78, 5) is 46.9. The van der Waals surface area contributed by atoms with Gasteiger partial charge in [0.1, 0.15) is 17.5 Å². The molecule has 1 saturated heterocycles. The van der Waals surface area contributed by atoms with Gasteiger partial charge in [0.05, 0.1) is 42.7 Å². The molecule has 1 aromatic heterocycles. The number of nitrogens with zero attached hydrogens (tertiary/aromatic N) is 3. The Balaban J connectivity index is 1.39. The lowest BCUT2D eigenvalue weighted by Gasteiger charge is -2.27. The monoisotopic (exact) mass is 627 g/mol. The number of ether oxygens (including phenoxy) is 4. The van der Waals surface area contributed by atoms with Crippen LogP contribution in [0.1, 0.15) is 31.0 Å². The highest BCUT2D eigenvalue weighted by Gasteiger charge is 2.36. The number of amides is 1. The smallest absolute Gasteiger partial charge is 0.338 e. The molecule has 1 atom stereocenters. The average Bonchev–Trinajstić information content (AvgIpc) is 3.37. The first-order valence-corrected chi connectivity index (χ1v) is 15.5. The van der Waals surface area contributed by atoms with Crippen molar-refractivity contribution in [3.8, 4) is 11.5 Å². The Labute approximate surface area is 263 Å². The third-order valence-electron chi connectivity index (χ3n) is 7.85. The molecule has 0 bridgehead atoms. The van der Waals surface area contributed by atoms with Gasteiger partial charge in [0.15, 0.2) is 11.4 Å². The van der Waals surface area contributed by atoms with E-state index in [1.807, 2.05) is 48.5 Å². The number of aromatic nitrogens is 1. The summed E-state index contributed by atoms with van der Waals surface area (Å²) in [5, 5.41) is 1.80. The summed E-state index contributed by atoms with van der Waals surface area (Å²) in [7, 11) is 1.57. The Kier molecular flexibility index (Phi) is 8.81. The Bertz CT molecular complexity index is 1970. The van der Waals surface area contributed by atoms with Crippen molar-refractivity contribution in [1.82, 2.24) is 9.47 Å². The van der Waals surface area contributed by atoms with Crippen LogP contribution in [0.4, 0.5) is 0 Å². The number of rotatable bonds is 8. The third-order valence-corrected chi connectivity index (χ3v) is 8.83.